The summed E-state index contributed by atoms with van der Waals surface area (Å²) in [4.78, 5) is 11.2. The van der Waals surface area contributed by atoms with Gasteiger partial charge in [-0.25, -0.2) is 0 Å². The average molecular weight is 200 g/mol. The van der Waals surface area contributed by atoms with Gasteiger partial charge >= 0.3 is 0 Å². The number of aryl methyl sites for hydroxylation is 1. The van der Waals surface area contributed by atoms with Crippen molar-refractivity contribution in [2.45, 2.75) is 20.3 Å². The van der Waals surface area contributed by atoms with Crippen molar-refractivity contribution in [3.8, 4) is 0 Å². The summed E-state index contributed by atoms with van der Waals surface area (Å²) in [7, 11) is 0. The highest BCUT2D eigenvalue weighted by Crippen LogP contribution is 2.19. The van der Waals surface area contributed by atoms with Crippen LogP contribution in [-0.4, -0.2) is 5.91 Å². The van der Waals surface area contributed by atoms with Gasteiger partial charge < -0.3 is 0 Å². The standard InChI is InChI=1S/C12H12N2O/c1-8-4-3-5-10(9(8)2)6-11-7-13-14-12(11)15/h3-5,7H,6H2,1-2H3. The minimum atomic E-state index is -0.212. The molecule has 3 heteroatoms. The lowest BCUT2D eigenvalue weighted by molar-refractivity contribution is -0.114. The van der Waals surface area contributed by atoms with E-state index in [1.807, 2.05) is 12.1 Å². The van der Waals surface area contributed by atoms with Crippen LogP contribution in [0.5, 0.6) is 0 Å². The Hall–Kier alpha value is -1.77. The second-order valence-electron chi connectivity index (χ2n) is 3.71. The Morgan fingerprint density at radius 3 is 2.73 bits per heavy atom. The van der Waals surface area contributed by atoms with Crippen molar-refractivity contribution in [3.05, 3.63) is 46.7 Å². The molecule has 0 aliphatic carbocycles. The largest absolute Gasteiger partial charge is 0.293 e. The van der Waals surface area contributed by atoms with Crippen LogP contribution in [-0.2, 0) is 11.2 Å². The molecule has 0 atom stereocenters. The van der Waals surface area contributed by atoms with Crippen LogP contribution >= 0.6 is 0 Å². The molecule has 0 fully saturated rings. The van der Waals surface area contributed by atoms with Gasteiger partial charge in [-0.15, -0.1) is 5.11 Å². The Labute approximate surface area is 88.5 Å². The van der Waals surface area contributed by atoms with E-state index in [9.17, 15) is 4.79 Å². The Balaban J connectivity index is 2.26. The van der Waals surface area contributed by atoms with Crippen LogP contribution in [0.3, 0.4) is 0 Å². The number of rotatable bonds is 2. The molecule has 0 radical (unpaired) electrons. The maximum atomic E-state index is 11.2. The summed E-state index contributed by atoms with van der Waals surface area (Å²) in [6.07, 6.45) is 2.17. The summed E-state index contributed by atoms with van der Waals surface area (Å²) in [5.41, 5.74) is 4.32. The van der Waals surface area contributed by atoms with Gasteiger partial charge in [0.05, 0.1) is 6.20 Å². The zero-order valence-electron chi connectivity index (χ0n) is 8.82. The first-order valence-electron chi connectivity index (χ1n) is 4.88. The third-order valence-corrected chi connectivity index (χ3v) is 2.73. The maximum Gasteiger partial charge on any atom is 0.293 e. The van der Waals surface area contributed by atoms with E-state index < -0.39 is 0 Å². The van der Waals surface area contributed by atoms with Crippen LogP contribution in [0.25, 0.3) is 0 Å². The first-order chi connectivity index (χ1) is 7.18. The van der Waals surface area contributed by atoms with Gasteiger partial charge in [0, 0.05) is 12.0 Å². The van der Waals surface area contributed by atoms with E-state index >= 15 is 0 Å². The van der Waals surface area contributed by atoms with Crippen LogP contribution in [0.2, 0.25) is 0 Å². The van der Waals surface area contributed by atoms with Gasteiger partial charge in [-0.3, -0.25) is 4.79 Å². The summed E-state index contributed by atoms with van der Waals surface area (Å²) in [6, 6.07) is 6.11. The number of benzene rings is 1. The van der Waals surface area contributed by atoms with Crippen molar-refractivity contribution in [2.24, 2.45) is 10.2 Å². The van der Waals surface area contributed by atoms with E-state index in [-0.39, 0.29) is 5.91 Å². The van der Waals surface area contributed by atoms with Crippen LogP contribution in [0, 0.1) is 13.8 Å². The Morgan fingerprint density at radius 2 is 2.07 bits per heavy atom. The van der Waals surface area contributed by atoms with Crippen molar-refractivity contribution < 1.29 is 4.79 Å². The zero-order valence-corrected chi connectivity index (χ0v) is 8.82. The van der Waals surface area contributed by atoms with Crippen molar-refractivity contribution in [2.75, 3.05) is 0 Å². The van der Waals surface area contributed by atoms with E-state index in [2.05, 4.69) is 30.1 Å². The molecule has 0 spiro atoms. The van der Waals surface area contributed by atoms with Crippen molar-refractivity contribution in [1.29, 1.82) is 0 Å². The van der Waals surface area contributed by atoms with E-state index in [0.29, 0.717) is 12.0 Å². The summed E-state index contributed by atoms with van der Waals surface area (Å²) >= 11 is 0. The molecule has 0 N–H and O–H groups in total. The molecule has 0 bridgehead atoms. The quantitative estimate of drug-likeness (QED) is 0.723. The normalized spacial score (nSPS) is 14.5. The molecule has 1 aromatic carbocycles. The lowest BCUT2D eigenvalue weighted by Crippen LogP contribution is -2.01. The average Bonchev–Trinajstić information content (AvgIpc) is 2.60. The second kappa shape index (κ2) is 3.77. The third-order valence-electron chi connectivity index (χ3n) is 2.73. The fourth-order valence-electron chi connectivity index (χ4n) is 1.60. The SMILES string of the molecule is Cc1cccc(CC2=CN=NC2=O)c1C. The topological polar surface area (TPSA) is 41.8 Å². The molecule has 1 heterocycles. The number of azo groups is 1. The van der Waals surface area contributed by atoms with E-state index in [4.69, 9.17) is 0 Å². The first-order valence-corrected chi connectivity index (χ1v) is 4.88. The number of nitrogens with zero attached hydrogens (tertiary/aromatic N) is 2. The molecule has 0 saturated carbocycles. The predicted molar refractivity (Wildman–Crippen MR) is 57.6 cm³/mol. The van der Waals surface area contributed by atoms with Gasteiger partial charge in [0.2, 0.25) is 0 Å². The molecule has 76 valence electrons. The van der Waals surface area contributed by atoms with Crippen LogP contribution in [0.1, 0.15) is 16.7 Å². The summed E-state index contributed by atoms with van der Waals surface area (Å²) in [6.45, 7) is 4.14. The monoisotopic (exact) mass is 200 g/mol. The van der Waals surface area contributed by atoms with Crippen LogP contribution in [0.4, 0.5) is 0 Å². The minimum absolute atomic E-state index is 0.212. The molecular formula is C12H12N2O. The van der Waals surface area contributed by atoms with Gasteiger partial charge in [0.15, 0.2) is 0 Å². The second-order valence-corrected chi connectivity index (χ2v) is 3.71. The van der Waals surface area contributed by atoms with E-state index in [1.54, 1.807) is 6.20 Å². The Bertz CT molecular complexity index is 473. The molecule has 1 aliphatic heterocycles. The highest BCUT2D eigenvalue weighted by Gasteiger charge is 2.14. The smallest absolute Gasteiger partial charge is 0.265 e. The maximum absolute atomic E-state index is 11.2. The van der Waals surface area contributed by atoms with E-state index in [1.165, 1.54) is 16.7 Å². The molecule has 0 unspecified atom stereocenters. The number of carbonyl (C=O) groups excluding carboxylic acids is 1. The lowest BCUT2D eigenvalue weighted by Gasteiger charge is -2.07. The molecule has 3 nitrogen and oxygen atoms in total. The van der Waals surface area contributed by atoms with Gasteiger partial charge in [0.25, 0.3) is 5.91 Å². The summed E-state index contributed by atoms with van der Waals surface area (Å²) < 4.78 is 0. The molecule has 1 amide bonds. The zero-order chi connectivity index (χ0) is 10.8. The van der Waals surface area contributed by atoms with Gasteiger partial charge in [-0.2, -0.15) is 5.11 Å². The molecular weight excluding hydrogens is 188 g/mol. The highest BCUT2D eigenvalue weighted by molar-refractivity contribution is 5.95. The number of carbonyl (C=O) groups is 1. The van der Waals surface area contributed by atoms with Crippen molar-refractivity contribution >= 4 is 5.91 Å². The molecule has 15 heavy (non-hydrogen) atoms. The number of hydrogen-bond acceptors (Lipinski definition) is 2. The Kier molecular flexibility index (Phi) is 2.46. The molecule has 0 aromatic heterocycles. The van der Waals surface area contributed by atoms with Crippen molar-refractivity contribution in [1.82, 2.24) is 0 Å². The van der Waals surface area contributed by atoms with E-state index in [0.717, 1.165) is 0 Å². The predicted octanol–water partition coefficient (Wildman–Crippen LogP) is 2.72. The fourth-order valence-corrected chi connectivity index (χ4v) is 1.60. The molecule has 2 rings (SSSR count). The third kappa shape index (κ3) is 1.86. The minimum Gasteiger partial charge on any atom is -0.265 e. The lowest BCUT2D eigenvalue weighted by atomic mass is 9.98. The number of amides is 1. The molecule has 1 aliphatic rings. The van der Waals surface area contributed by atoms with Gasteiger partial charge in [-0.05, 0) is 30.5 Å². The van der Waals surface area contributed by atoms with Gasteiger partial charge in [0.1, 0.15) is 0 Å². The Morgan fingerprint density at radius 1 is 1.27 bits per heavy atom. The number of hydrogen-bond donors (Lipinski definition) is 0. The summed E-state index contributed by atoms with van der Waals surface area (Å²) in [5, 5.41) is 7.07. The van der Waals surface area contributed by atoms with Crippen LogP contribution in [0.15, 0.2) is 40.2 Å². The van der Waals surface area contributed by atoms with Crippen LogP contribution < -0.4 is 0 Å². The molecule has 0 saturated heterocycles. The first kappa shape index (κ1) is 9.77. The highest BCUT2D eigenvalue weighted by atomic mass is 16.2. The summed E-state index contributed by atoms with van der Waals surface area (Å²) in [5.74, 6) is -0.212. The fraction of sp³-hybridized carbons (Fsp3) is 0.250. The van der Waals surface area contributed by atoms with Crippen molar-refractivity contribution in [3.63, 3.8) is 0 Å². The van der Waals surface area contributed by atoms with Gasteiger partial charge in [-0.1, -0.05) is 18.2 Å². The molecule has 1 aromatic rings.